The number of ether oxygens (including phenoxy) is 1. The second-order valence-electron chi connectivity index (χ2n) is 3.92. The molecular weight excluding hydrogens is 200 g/mol. The molecule has 3 heteroatoms. The van der Waals surface area contributed by atoms with E-state index in [-0.39, 0.29) is 12.1 Å². The van der Waals surface area contributed by atoms with Gasteiger partial charge in [0, 0.05) is 10.9 Å². The van der Waals surface area contributed by atoms with Gasteiger partial charge in [-0.3, -0.25) is 4.79 Å². The van der Waals surface area contributed by atoms with Gasteiger partial charge < -0.3 is 4.74 Å². The molecule has 1 aromatic carbocycles. The summed E-state index contributed by atoms with van der Waals surface area (Å²) in [7, 11) is 0. The van der Waals surface area contributed by atoms with Gasteiger partial charge in [0.1, 0.15) is 6.10 Å². The molecule has 1 aromatic rings. The molecule has 0 unspecified atom stereocenters. The second-order valence-corrected chi connectivity index (χ2v) is 4.36. The molecule has 1 heterocycles. The first-order valence-corrected chi connectivity index (χ1v) is 5.09. The molecule has 2 aliphatic rings. The van der Waals surface area contributed by atoms with Crippen molar-refractivity contribution in [3.63, 3.8) is 0 Å². The van der Waals surface area contributed by atoms with Gasteiger partial charge >= 0.3 is 5.97 Å². The van der Waals surface area contributed by atoms with Crippen LogP contribution in [0, 0.1) is 5.92 Å². The number of esters is 1. The van der Waals surface area contributed by atoms with E-state index in [2.05, 4.69) is 0 Å². The van der Waals surface area contributed by atoms with E-state index < -0.39 is 0 Å². The first-order chi connectivity index (χ1) is 6.74. The number of carbonyl (C=O) groups excluding carboxylic acids is 1. The van der Waals surface area contributed by atoms with Crippen LogP contribution in [-0.2, 0) is 16.0 Å². The largest absolute Gasteiger partial charge is 0.457 e. The fourth-order valence-corrected chi connectivity index (χ4v) is 2.58. The average Bonchev–Trinajstić information content (AvgIpc) is 2.62. The quantitative estimate of drug-likeness (QED) is 0.613. The maximum atomic E-state index is 11.1. The van der Waals surface area contributed by atoms with Crippen molar-refractivity contribution in [3.8, 4) is 0 Å². The standard InChI is InChI=1S/C11H9ClO2/c12-8-2-1-6-3-7-4-10(13)14-11(7)9(6)5-8/h1-2,5,7,11H,3-4H2/t7-,11+/m1/s1. The van der Waals surface area contributed by atoms with Gasteiger partial charge in [-0.05, 0) is 29.7 Å². The van der Waals surface area contributed by atoms with Crippen LogP contribution in [0.2, 0.25) is 5.02 Å². The van der Waals surface area contributed by atoms with Gasteiger partial charge in [0.2, 0.25) is 0 Å². The van der Waals surface area contributed by atoms with Gasteiger partial charge in [0.05, 0.1) is 6.42 Å². The number of rotatable bonds is 0. The third-order valence-corrected chi connectivity index (χ3v) is 3.25. The molecule has 3 rings (SSSR count). The minimum atomic E-state index is -0.0781. The fourth-order valence-electron chi connectivity index (χ4n) is 2.40. The highest BCUT2D eigenvalue weighted by atomic mass is 35.5. The van der Waals surface area contributed by atoms with Crippen molar-refractivity contribution in [2.24, 2.45) is 5.92 Å². The molecule has 0 saturated carbocycles. The van der Waals surface area contributed by atoms with Crippen LogP contribution in [-0.4, -0.2) is 5.97 Å². The van der Waals surface area contributed by atoms with Gasteiger partial charge in [0.25, 0.3) is 0 Å². The molecule has 14 heavy (non-hydrogen) atoms. The highest BCUT2D eigenvalue weighted by Gasteiger charge is 2.41. The Bertz CT molecular complexity index is 414. The predicted molar refractivity (Wildman–Crippen MR) is 52.1 cm³/mol. The van der Waals surface area contributed by atoms with Crippen LogP contribution in [0.15, 0.2) is 18.2 Å². The molecule has 0 aromatic heterocycles. The number of carbonyl (C=O) groups is 1. The maximum Gasteiger partial charge on any atom is 0.306 e. The highest BCUT2D eigenvalue weighted by Crippen LogP contribution is 2.45. The Hall–Kier alpha value is -1.02. The zero-order valence-electron chi connectivity index (χ0n) is 7.50. The minimum Gasteiger partial charge on any atom is -0.457 e. The van der Waals surface area contributed by atoms with Gasteiger partial charge in [-0.25, -0.2) is 0 Å². The Morgan fingerprint density at radius 3 is 3.07 bits per heavy atom. The minimum absolute atomic E-state index is 0.0313. The van der Waals surface area contributed by atoms with Gasteiger partial charge in [-0.1, -0.05) is 17.7 Å². The molecule has 0 amide bonds. The topological polar surface area (TPSA) is 26.3 Å². The van der Waals surface area contributed by atoms with Crippen LogP contribution in [0.25, 0.3) is 0 Å². The van der Waals surface area contributed by atoms with Crippen molar-refractivity contribution in [3.05, 3.63) is 34.3 Å². The summed E-state index contributed by atoms with van der Waals surface area (Å²) in [6, 6.07) is 5.84. The number of fused-ring (bicyclic) bond motifs is 3. The predicted octanol–water partition coefficient (Wildman–Crippen LogP) is 2.50. The summed E-state index contributed by atoms with van der Waals surface area (Å²) in [5.41, 5.74) is 2.38. The monoisotopic (exact) mass is 208 g/mol. The van der Waals surface area contributed by atoms with Crippen molar-refractivity contribution < 1.29 is 9.53 Å². The number of hydrogen-bond acceptors (Lipinski definition) is 2. The lowest BCUT2D eigenvalue weighted by molar-refractivity contribution is -0.141. The summed E-state index contributed by atoms with van der Waals surface area (Å²) in [5, 5.41) is 0.715. The lowest BCUT2D eigenvalue weighted by Crippen LogP contribution is -1.99. The third kappa shape index (κ3) is 1.07. The van der Waals surface area contributed by atoms with Crippen LogP contribution in [0.5, 0.6) is 0 Å². The molecule has 1 aliphatic heterocycles. The molecular formula is C11H9ClO2. The Morgan fingerprint density at radius 2 is 2.21 bits per heavy atom. The maximum absolute atomic E-state index is 11.1. The highest BCUT2D eigenvalue weighted by molar-refractivity contribution is 6.30. The van der Waals surface area contributed by atoms with Crippen molar-refractivity contribution in [1.82, 2.24) is 0 Å². The summed E-state index contributed by atoms with van der Waals surface area (Å²) in [6.45, 7) is 0. The van der Waals surface area contributed by atoms with Crippen LogP contribution in [0.4, 0.5) is 0 Å². The lowest BCUT2D eigenvalue weighted by atomic mass is 10.0. The Balaban J connectivity index is 2.07. The average molecular weight is 209 g/mol. The zero-order chi connectivity index (χ0) is 9.71. The van der Waals surface area contributed by atoms with Crippen LogP contribution >= 0.6 is 11.6 Å². The second kappa shape index (κ2) is 2.74. The summed E-state index contributed by atoms with van der Waals surface area (Å²) < 4.78 is 5.27. The van der Waals surface area contributed by atoms with Crippen molar-refractivity contribution >= 4 is 17.6 Å². The lowest BCUT2D eigenvalue weighted by Gasteiger charge is -2.08. The van der Waals surface area contributed by atoms with Crippen LogP contribution in [0.1, 0.15) is 23.7 Å². The first kappa shape index (κ1) is 8.30. The van der Waals surface area contributed by atoms with E-state index in [1.54, 1.807) is 0 Å². The Labute approximate surface area is 86.8 Å². The third-order valence-electron chi connectivity index (χ3n) is 3.01. The van der Waals surface area contributed by atoms with Crippen LogP contribution in [0.3, 0.4) is 0 Å². The summed E-state index contributed by atoms with van der Waals surface area (Å²) >= 11 is 5.91. The fraction of sp³-hybridized carbons (Fsp3) is 0.364. The van der Waals surface area contributed by atoms with Crippen molar-refractivity contribution in [2.45, 2.75) is 18.9 Å². The van der Waals surface area contributed by atoms with E-state index in [1.165, 1.54) is 5.56 Å². The van der Waals surface area contributed by atoms with Crippen molar-refractivity contribution in [2.75, 3.05) is 0 Å². The Morgan fingerprint density at radius 1 is 1.36 bits per heavy atom. The van der Waals surface area contributed by atoms with Gasteiger partial charge in [-0.2, -0.15) is 0 Å². The molecule has 1 aliphatic carbocycles. The van der Waals surface area contributed by atoms with Gasteiger partial charge in [0.15, 0.2) is 0 Å². The smallest absolute Gasteiger partial charge is 0.306 e. The molecule has 2 nitrogen and oxygen atoms in total. The SMILES string of the molecule is O=C1C[C@H]2Cc3ccc(Cl)cc3[C@H]2O1. The number of hydrogen-bond donors (Lipinski definition) is 0. The van der Waals surface area contributed by atoms with Crippen LogP contribution < -0.4 is 0 Å². The van der Waals surface area contributed by atoms with Gasteiger partial charge in [-0.15, -0.1) is 0 Å². The number of benzene rings is 1. The molecule has 0 bridgehead atoms. The van der Waals surface area contributed by atoms with E-state index in [0.29, 0.717) is 17.4 Å². The molecule has 2 atom stereocenters. The molecule has 1 saturated heterocycles. The summed E-state index contributed by atoms with van der Waals surface area (Å²) in [5.74, 6) is 0.265. The zero-order valence-corrected chi connectivity index (χ0v) is 8.25. The molecule has 72 valence electrons. The van der Waals surface area contributed by atoms with E-state index >= 15 is 0 Å². The van der Waals surface area contributed by atoms with E-state index in [1.807, 2.05) is 18.2 Å². The van der Waals surface area contributed by atoms with Crippen molar-refractivity contribution in [1.29, 1.82) is 0 Å². The molecule has 0 spiro atoms. The molecule has 0 N–H and O–H groups in total. The van der Waals surface area contributed by atoms with E-state index in [4.69, 9.17) is 16.3 Å². The Kier molecular flexibility index (Phi) is 1.62. The number of halogens is 1. The van der Waals surface area contributed by atoms with E-state index in [0.717, 1.165) is 12.0 Å². The molecule has 0 radical (unpaired) electrons. The normalized spacial score (nSPS) is 28.5. The summed E-state index contributed by atoms with van der Waals surface area (Å²) in [4.78, 5) is 11.1. The first-order valence-electron chi connectivity index (χ1n) is 4.72. The molecule has 1 fully saturated rings. The summed E-state index contributed by atoms with van der Waals surface area (Å²) in [6.07, 6.45) is 1.47. The van der Waals surface area contributed by atoms with E-state index in [9.17, 15) is 4.79 Å².